The topological polar surface area (TPSA) is 70.9 Å². The minimum absolute atomic E-state index is 0.318. The van der Waals surface area contributed by atoms with E-state index in [0.29, 0.717) is 12.5 Å². The SMILES string of the molecule is CC(C)(C)OC=O.OC1(C2=NC(CCCCCl)CS2)CCNCC1. The van der Waals surface area contributed by atoms with Gasteiger partial charge in [-0.3, -0.25) is 9.79 Å². The highest BCUT2D eigenvalue weighted by Crippen LogP contribution is 2.32. The van der Waals surface area contributed by atoms with Crippen LogP contribution in [0, 0.1) is 0 Å². The molecule has 2 rings (SSSR count). The summed E-state index contributed by atoms with van der Waals surface area (Å²) >= 11 is 7.42. The molecule has 1 unspecified atom stereocenters. The number of unbranched alkanes of at least 4 members (excludes halogenated alkanes) is 1. The molecule has 0 aromatic carbocycles. The van der Waals surface area contributed by atoms with Gasteiger partial charge in [0.25, 0.3) is 6.47 Å². The minimum Gasteiger partial charge on any atom is -0.462 e. The van der Waals surface area contributed by atoms with Crippen molar-refractivity contribution < 1.29 is 14.6 Å². The fraction of sp³-hybridized carbons (Fsp3) is 0.882. The van der Waals surface area contributed by atoms with Crippen molar-refractivity contribution in [2.24, 2.45) is 4.99 Å². The number of carbonyl (C=O) groups is 1. The molecule has 2 aliphatic heterocycles. The van der Waals surface area contributed by atoms with Crippen molar-refractivity contribution in [3.8, 4) is 0 Å². The molecule has 0 spiro atoms. The Labute approximate surface area is 155 Å². The van der Waals surface area contributed by atoms with Gasteiger partial charge in [-0.2, -0.15) is 0 Å². The quantitative estimate of drug-likeness (QED) is 0.422. The number of hydrogen-bond donors (Lipinski definition) is 2. The number of rotatable bonds is 6. The lowest BCUT2D eigenvalue weighted by molar-refractivity contribution is -0.138. The van der Waals surface area contributed by atoms with Crippen molar-refractivity contribution in [2.45, 2.75) is 70.1 Å². The highest BCUT2D eigenvalue weighted by molar-refractivity contribution is 8.14. The van der Waals surface area contributed by atoms with E-state index in [1.165, 1.54) is 0 Å². The zero-order valence-electron chi connectivity index (χ0n) is 15.0. The molecule has 0 aromatic rings. The maximum atomic E-state index is 10.5. The molecule has 0 bridgehead atoms. The van der Waals surface area contributed by atoms with E-state index in [1.807, 2.05) is 20.8 Å². The molecule has 140 valence electrons. The Balaban J connectivity index is 0.000000351. The molecule has 0 aromatic heterocycles. The third kappa shape index (κ3) is 8.19. The van der Waals surface area contributed by atoms with Gasteiger partial charge >= 0.3 is 0 Å². The van der Waals surface area contributed by atoms with Gasteiger partial charge in [-0.1, -0.05) is 6.42 Å². The number of thioether (sulfide) groups is 1. The standard InChI is InChI=1S/C12H21ClN2OS.C5H10O2/c13-6-2-1-3-10-9-17-11(15-10)12(16)4-7-14-8-5-12;1-5(2,3)7-4-6/h10,14,16H,1-9H2;4H,1-3H3. The van der Waals surface area contributed by atoms with Crippen molar-refractivity contribution >= 4 is 34.9 Å². The van der Waals surface area contributed by atoms with Crippen molar-refractivity contribution in [3.05, 3.63) is 0 Å². The molecule has 24 heavy (non-hydrogen) atoms. The number of aliphatic hydroxyl groups is 1. The average molecular weight is 379 g/mol. The van der Waals surface area contributed by atoms with Crippen LogP contribution in [-0.4, -0.2) is 58.6 Å². The Morgan fingerprint density at radius 2 is 2.08 bits per heavy atom. The summed E-state index contributed by atoms with van der Waals surface area (Å²) in [4.78, 5) is 14.3. The summed E-state index contributed by atoms with van der Waals surface area (Å²) in [7, 11) is 0. The molecule has 0 radical (unpaired) electrons. The molecule has 1 atom stereocenters. The second-order valence-corrected chi connectivity index (χ2v) is 8.58. The Bertz CT molecular complexity index is 407. The molecule has 0 saturated carbocycles. The summed E-state index contributed by atoms with van der Waals surface area (Å²) in [5.41, 5.74) is -0.959. The molecule has 7 heteroatoms. The van der Waals surface area contributed by atoms with Crippen LogP contribution < -0.4 is 5.32 Å². The van der Waals surface area contributed by atoms with E-state index in [2.05, 4.69) is 10.1 Å². The van der Waals surface area contributed by atoms with Gasteiger partial charge in [-0.25, -0.2) is 0 Å². The third-order valence-corrected chi connectivity index (χ3v) is 5.44. The molecular formula is C17H31ClN2O3S. The van der Waals surface area contributed by atoms with Crippen LogP contribution in [-0.2, 0) is 9.53 Å². The Kier molecular flexibility index (Phi) is 9.64. The van der Waals surface area contributed by atoms with Gasteiger partial charge < -0.3 is 15.2 Å². The Morgan fingerprint density at radius 1 is 1.42 bits per heavy atom. The molecule has 2 heterocycles. The number of nitrogens with zero attached hydrogens (tertiary/aromatic N) is 1. The van der Waals surface area contributed by atoms with Crippen LogP contribution in [0.3, 0.4) is 0 Å². The van der Waals surface area contributed by atoms with Crippen molar-refractivity contribution in [1.29, 1.82) is 0 Å². The van der Waals surface area contributed by atoms with Gasteiger partial charge in [0.15, 0.2) is 0 Å². The summed E-state index contributed by atoms with van der Waals surface area (Å²) in [5, 5.41) is 14.8. The molecule has 0 amide bonds. The molecule has 1 fully saturated rings. The molecule has 5 nitrogen and oxygen atoms in total. The zero-order chi connectivity index (χ0) is 18.1. The third-order valence-electron chi connectivity index (χ3n) is 3.86. The van der Waals surface area contributed by atoms with Crippen LogP contribution in [0.5, 0.6) is 0 Å². The highest BCUT2D eigenvalue weighted by Gasteiger charge is 2.38. The summed E-state index contributed by atoms with van der Waals surface area (Å²) in [6, 6.07) is 0.400. The Morgan fingerprint density at radius 3 is 2.58 bits per heavy atom. The van der Waals surface area contributed by atoms with Crippen LogP contribution >= 0.6 is 23.4 Å². The predicted molar refractivity (Wildman–Crippen MR) is 102 cm³/mol. The number of alkyl halides is 1. The normalized spacial score (nSPS) is 23.0. The van der Waals surface area contributed by atoms with Crippen LogP contribution in [0.4, 0.5) is 0 Å². The van der Waals surface area contributed by atoms with Gasteiger partial charge in [-0.05, 0) is 59.5 Å². The van der Waals surface area contributed by atoms with Crippen molar-refractivity contribution in [1.82, 2.24) is 5.32 Å². The van der Waals surface area contributed by atoms with Gasteiger partial charge in [0, 0.05) is 11.6 Å². The van der Waals surface area contributed by atoms with E-state index in [1.54, 1.807) is 11.8 Å². The maximum absolute atomic E-state index is 10.5. The average Bonchev–Trinajstić information content (AvgIpc) is 2.97. The van der Waals surface area contributed by atoms with Crippen LogP contribution in [0.15, 0.2) is 4.99 Å². The number of ether oxygens (including phenoxy) is 1. The van der Waals surface area contributed by atoms with E-state index < -0.39 is 5.60 Å². The lowest BCUT2D eigenvalue weighted by atomic mass is 9.93. The van der Waals surface area contributed by atoms with Gasteiger partial charge in [0.2, 0.25) is 0 Å². The highest BCUT2D eigenvalue weighted by atomic mass is 35.5. The molecule has 2 N–H and O–H groups in total. The summed E-state index contributed by atoms with van der Waals surface area (Å²) in [6.45, 7) is 7.71. The van der Waals surface area contributed by atoms with Crippen LogP contribution in [0.1, 0.15) is 52.9 Å². The van der Waals surface area contributed by atoms with E-state index in [-0.39, 0.29) is 5.60 Å². The fourth-order valence-electron chi connectivity index (χ4n) is 2.49. The first-order valence-electron chi connectivity index (χ1n) is 8.62. The number of hydrogen-bond acceptors (Lipinski definition) is 6. The number of piperidine rings is 1. The fourth-order valence-corrected chi connectivity index (χ4v) is 3.97. The van der Waals surface area contributed by atoms with Crippen molar-refractivity contribution in [2.75, 3.05) is 24.7 Å². The Hall–Kier alpha value is -0.300. The first-order chi connectivity index (χ1) is 11.3. The van der Waals surface area contributed by atoms with Crippen LogP contribution in [0.2, 0.25) is 0 Å². The monoisotopic (exact) mass is 378 g/mol. The predicted octanol–water partition coefficient (Wildman–Crippen LogP) is 2.98. The van der Waals surface area contributed by atoms with E-state index in [9.17, 15) is 9.90 Å². The molecule has 0 aliphatic carbocycles. The number of aliphatic imine (C=N–C) groups is 1. The van der Waals surface area contributed by atoms with Gasteiger partial charge in [0.05, 0.1) is 11.1 Å². The number of carbonyl (C=O) groups excluding carboxylic acids is 1. The summed E-state index contributed by atoms with van der Waals surface area (Å²) < 4.78 is 4.55. The maximum Gasteiger partial charge on any atom is 0.293 e. The first kappa shape index (κ1) is 21.7. The van der Waals surface area contributed by atoms with Gasteiger partial charge in [-0.15, -0.1) is 23.4 Å². The molecule has 1 saturated heterocycles. The summed E-state index contributed by atoms with van der Waals surface area (Å²) in [5.74, 6) is 1.78. The lowest BCUT2D eigenvalue weighted by Gasteiger charge is -2.32. The largest absolute Gasteiger partial charge is 0.462 e. The second-order valence-electron chi connectivity index (χ2n) is 7.19. The minimum atomic E-state index is -0.642. The van der Waals surface area contributed by atoms with Gasteiger partial charge in [0.1, 0.15) is 11.2 Å². The van der Waals surface area contributed by atoms with E-state index in [4.69, 9.17) is 16.6 Å². The zero-order valence-corrected chi connectivity index (χ0v) is 16.6. The molecule has 2 aliphatic rings. The number of nitrogens with one attached hydrogen (secondary N) is 1. The second kappa shape index (κ2) is 10.6. The first-order valence-corrected chi connectivity index (χ1v) is 10.1. The van der Waals surface area contributed by atoms with Crippen LogP contribution in [0.25, 0.3) is 0 Å². The van der Waals surface area contributed by atoms with E-state index in [0.717, 1.165) is 61.9 Å². The van der Waals surface area contributed by atoms with E-state index >= 15 is 0 Å². The smallest absolute Gasteiger partial charge is 0.293 e. The van der Waals surface area contributed by atoms with Crippen molar-refractivity contribution in [3.63, 3.8) is 0 Å². The number of halogens is 1. The molecular weight excluding hydrogens is 348 g/mol. The summed E-state index contributed by atoms with van der Waals surface area (Å²) in [6.07, 6.45) is 4.92. The lowest BCUT2D eigenvalue weighted by Crippen LogP contribution is -2.46.